The molecule has 96 valence electrons. The Hall–Kier alpha value is -1.43. The molecule has 3 N–H and O–H groups in total. The van der Waals surface area contributed by atoms with Gasteiger partial charge in [-0.3, -0.25) is 4.79 Å². The molecule has 0 fully saturated rings. The van der Waals surface area contributed by atoms with E-state index in [2.05, 4.69) is 24.1 Å². The SMILES string of the molecule is C=C(C)C(=O)OCCCCCC(=O)NC(N)=S. The normalized spacial score (nSPS) is 9.47. The molecule has 0 unspecified atom stereocenters. The van der Waals surface area contributed by atoms with Crippen molar-refractivity contribution < 1.29 is 14.3 Å². The van der Waals surface area contributed by atoms with E-state index in [0.29, 0.717) is 25.0 Å². The molecule has 1 amide bonds. The largest absolute Gasteiger partial charge is 0.462 e. The number of carbonyl (C=O) groups is 2. The third-order valence-electron chi connectivity index (χ3n) is 1.89. The zero-order valence-electron chi connectivity index (χ0n) is 9.95. The predicted octanol–water partition coefficient (Wildman–Crippen LogP) is 1.03. The van der Waals surface area contributed by atoms with Gasteiger partial charge in [0.15, 0.2) is 5.11 Å². The van der Waals surface area contributed by atoms with Crippen LogP contribution in [0.3, 0.4) is 0 Å². The highest BCUT2D eigenvalue weighted by molar-refractivity contribution is 7.80. The van der Waals surface area contributed by atoms with E-state index < -0.39 is 0 Å². The number of carbonyl (C=O) groups excluding carboxylic acids is 2. The fourth-order valence-corrected chi connectivity index (χ4v) is 1.17. The van der Waals surface area contributed by atoms with Gasteiger partial charge in [0, 0.05) is 12.0 Å². The lowest BCUT2D eigenvalue weighted by Crippen LogP contribution is -2.34. The van der Waals surface area contributed by atoms with E-state index in [-0.39, 0.29) is 17.0 Å². The summed E-state index contributed by atoms with van der Waals surface area (Å²) in [7, 11) is 0. The Kier molecular flexibility index (Phi) is 7.96. The molecule has 0 atom stereocenters. The van der Waals surface area contributed by atoms with Crippen molar-refractivity contribution in [3.63, 3.8) is 0 Å². The van der Waals surface area contributed by atoms with Crippen LogP contribution in [0.5, 0.6) is 0 Å². The van der Waals surface area contributed by atoms with Gasteiger partial charge in [0.05, 0.1) is 6.61 Å². The van der Waals surface area contributed by atoms with Crippen LogP contribution in [-0.2, 0) is 14.3 Å². The number of unbranched alkanes of at least 4 members (excludes halogenated alkanes) is 2. The van der Waals surface area contributed by atoms with Crippen LogP contribution in [0.25, 0.3) is 0 Å². The molecule has 5 nitrogen and oxygen atoms in total. The molecule has 0 rings (SSSR count). The van der Waals surface area contributed by atoms with Gasteiger partial charge in [-0.2, -0.15) is 0 Å². The van der Waals surface area contributed by atoms with E-state index in [1.807, 2.05) is 0 Å². The van der Waals surface area contributed by atoms with Crippen molar-refractivity contribution in [1.29, 1.82) is 0 Å². The lowest BCUT2D eigenvalue weighted by molar-refractivity contribution is -0.139. The first-order valence-electron chi connectivity index (χ1n) is 5.35. The van der Waals surface area contributed by atoms with E-state index >= 15 is 0 Å². The lowest BCUT2D eigenvalue weighted by Gasteiger charge is -2.04. The Balaban J connectivity index is 3.41. The van der Waals surface area contributed by atoms with E-state index in [1.165, 1.54) is 0 Å². The summed E-state index contributed by atoms with van der Waals surface area (Å²) in [5.74, 6) is -0.562. The van der Waals surface area contributed by atoms with E-state index in [1.54, 1.807) is 6.92 Å². The number of amides is 1. The molecule has 0 radical (unpaired) electrons. The molecule has 0 heterocycles. The van der Waals surface area contributed by atoms with Gasteiger partial charge in [0.2, 0.25) is 5.91 Å². The summed E-state index contributed by atoms with van der Waals surface area (Å²) in [6, 6.07) is 0. The zero-order valence-corrected chi connectivity index (χ0v) is 10.8. The predicted molar refractivity (Wildman–Crippen MR) is 69.2 cm³/mol. The number of ether oxygens (including phenoxy) is 1. The Morgan fingerprint density at radius 2 is 2.00 bits per heavy atom. The molecule has 17 heavy (non-hydrogen) atoms. The van der Waals surface area contributed by atoms with Crippen molar-refractivity contribution in [3.8, 4) is 0 Å². The molecule has 0 aliphatic carbocycles. The number of esters is 1. The van der Waals surface area contributed by atoms with Crippen molar-refractivity contribution in [1.82, 2.24) is 5.32 Å². The molecule has 0 saturated heterocycles. The molecule has 0 spiro atoms. The summed E-state index contributed by atoms with van der Waals surface area (Å²) in [6.45, 7) is 5.42. The highest BCUT2D eigenvalue weighted by Crippen LogP contribution is 2.01. The fraction of sp³-hybridized carbons (Fsp3) is 0.545. The monoisotopic (exact) mass is 258 g/mol. The van der Waals surface area contributed by atoms with Gasteiger partial charge in [-0.25, -0.2) is 4.79 Å². The first-order valence-corrected chi connectivity index (χ1v) is 5.76. The van der Waals surface area contributed by atoms with E-state index in [0.717, 1.165) is 12.8 Å². The number of nitrogens with two attached hydrogens (primary N) is 1. The average molecular weight is 258 g/mol. The molecule has 0 aliphatic rings. The van der Waals surface area contributed by atoms with Gasteiger partial charge in [-0.05, 0) is 38.4 Å². The summed E-state index contributed by atoms with van der Waals surface area (Å²) >= 11 is 4.53. The van der Waals surface area contributed by atoms with Gasteiger partial charge in [-0.15, -0.1) is 0 Å². The molecular formula is C11H18N2O3S. The molecule has 6 heteroatoms. The van der Waals surface area contributed by atoms with Gasteiger partial charge in [-0.1, -0.05) is 6.58 Å². The summed E-state index contributed by atoms with van der Waals surface area (Å²) < 4.78 is 4.90. The van der Waals surface area contributed by atoms with Crippen molar-refractivity contribution in [3.05, 3.63) is 12.2 Å². The van der Waals surface area contributed by atoms with Gasteiger partial charge >= 0.3 is 5.97 Å². The van der Waals surface area contributed by atoms with Crippen molar-refractivity contribution in [2.24, 2.45) is 5.73 Å². The van der Waals surface area contributed by atoms with Gasteiger partial charge in [0.25, 0.3) is 0 Å². The summed E-state index contributed by atoms with van der Waals surface area (Å²) in [4.78, 5) is 22.1. The van der Waals surface area contributed by atoms with Crippen molar-refractivity contribution in [2.75, 3.05) is 6.61 Å². The van der Waals surface area contributed by atoms with Crippen LogP contribution in [0.2, 0.25) is 0 Å². The number of hydrogen-bond acceptors (Lipinski definition) is 4. The highest BCUT2D eigenvalue weighted by Gasteiger charge is 2.03. The van der Waals surface area contributed by atoms with Crippen LogP contribution in [-0.4, -0.2) is 23.6 Å². The van der Waals surface area contributed by atoms with E-state index in [4.69, 9.17) is 10.5 Å². The molecule has 0 aromatic heterocycles. The average Bonchev–Trinajstić information content (AvgIpc) is 2.21. The van der Waals surface area contributed by atoms with Crippen LogP contribution in [0.15, 0.2) is 12.2 Å². The molecule has 0 aliphatic heterocycles. The minimum atomic E-state index is -0.378. The second kappa shape index (κ2) is 8.69. The number of nitrogens with one attached hydrogen (secondary N) is 1. The lowest BCUT2D eigenvalue weighted by atomic mass is 10.2. The number of thiocarbonyl (C=S) groups is 1. The maximum Gasteiger partial charge on any atom is 0.333 e. The molecule has 0 bridgehead atoms. The first kappa shape index (κ1) is 15.6. The van der Waals surface area contributed by atoms with Gasteiger partial charge < -0.3 is 15.8 Å². The van der Waals surface area contributed by atoms with E-state index in [9.17, 15) is 9.59 Å². The Labute approximate surface area is 106 Å². The van der Waals surface area contributed by atoms with Crippen molar-refractivity contribution in [2.45, 2.75) is 32.6 Å². The van der Waals surface area contributed by atoms with Crippen LogP contribution in [0.1, 0.15) is 32.6 Å². The number of hydrogen-bond donors (Lipinski definition) is 2. The van der Waals surface area contributed by atoms with Crippen LogP contribution >= 0.6 is 12.2 Å². The standard InChI is InChI=1S/C11H18N2O3S/c1-8(2)10(15)16-7-5-3-4-6-9(14)13-11(12)17/h1,3-7H2,2H3,(H3,12,13,14,17). The molecule has 0 aromatic carbocycles. The van der Waals surface area contributed by atoms with Gasteiger partial charge in [0.1, 0.15) is 0 Å². The maximum atomic E-state index is 11.1. The summed E-state index contributed by atoms with van der Waals surface area (Å²) in [6.07, 6.45) is 2.60. The third kappa shape index (κ3) is 9.50. The first-order chi connectivity index (χ1) is 7.93. The van der Waals surface area contributed by atoms with Crippen molar-refractivity contribution >= 4 is 29.2 Å². The van der Waals surface area contributed by atoms with Crippen LogP contribution in [0, 0.1) is 0 Å². The third-order valence-corrected chi connectivity index (χ3v) is 1.99. The second-order valence-electron chi connectivity index (χ2n) is 3.64. The Bertz CT molecular complexity index is 316. The Morgan fingerprint density at radius 1 is 1.35 bits per heavy atom. The Morgan fingerprint density at radius 3 is 2.53 bits per heavy atom. The molecular weight excluding hydrogens is 240 g/mol. The molecule has 0 saturated carbocycles. The summed E-state index contributed by atoms with van der Waals surface area (Å²) in [5.41, 5.74) is 5.53. The highest BCUT2D eigenvalue weighted by atomic mass is 32.1. The zero-order chi connectivity index (χ0) is 13.3. The number of rotatable bonds is 7. The van der Waals surface area contributed by atoms with Crippen LogP contribution < -0.4 is 11.1 Å². The fourth-order valence-electron chi connectivity index (χ4n) is 1.05. The second-order valence-corrected chi connectivity index (χ2v) is 4.08. The quantitative estimate of drug-likeness (QED) is 0.308. The summed E-state index contributed by atoms with van der Waals surface area (Å²) in [5, 5.41) is 2.33. The molecule has 0 aromatic rings. The minimum Gasteiger partial charge on any atom is -0.462 e. The topological polar surface area (TPSA) is 81.4 Å². The maximum absolute atomic E-state index is 11.1. The smallest absolute Gasteiger partial charge is 0.333 e. The van der Waals surface area contributed by atoms with Crippen LogP contribution in [0.4, 0.5) is 0 Å². The minimum absolute atomic E-state index is 0.00890.